The van der Waals surface area contributed by atoms with Gasteiger partial charge in [-0.2, -0.15) is 0 Å². The van der Waals surface area contributed by atoms with Gasteiger partial charge in [0.1, 0.15) is 17.4 Å². The lowest BCUT2D eigenvalue weighted by Gasteiger charge is -2.25. The van der Waals surface area contributed by atoms with Gasteiger partial charge in [-0.15, -0.1) is 0 Å². The predicted molar refractivity (Wildman–Crippen MR) is 166 cm³/mol. The van der Waals surface area contributed by atoms with Crippen molar-refractivity contribution in [1.29, 1.82) is 0 Å². The number of aliphatic hydroxyl groups is 1. The van der Waals surface area contributed by atoms with E-state index in [4.69, 9.17) is 4.74 Å². The van der Waals surface area contributed by atoms with Crippen LogP contribution in [-0.2, 0) is 13.0 Å². The Morgan fingerprint density at radius 3 is 2.14 bits per heavy atom. The molecule has 0 aliphatic rings. The standard InChI is InChI=1S/C35H37F2N3O4/c1-22-12-27(34(42)39-23(2)26-9-5-4-6-10-26)18-28(13-22)35(43)40-32(17-25-14-29(36)19-30(37)15-25)33(41)21-38-20-24-8-7-11-31(16-24)44-3/h4-16,18-19,23,32-33,38,41H,17,20-21H2,1-3H3,(H,39,42)(H,40,43)/t23-,32+,33-/m1/s1. The van der Waals surface area contributed by atoms with Crippen molar-refractivity contribution in [1.82, 2.24) is 16.0 Å². The van der Waals surface area contributed by atoms with Gasteiger partial charge in [-0.05, 0) is 85.0 Å². The molecule has 2 amide bonds. The lowest BCUT2D eigenvalue weighted by atomic mass is 9.99. The van der Waals surface area contributed by atoms with Gasteiger partial charge >= 0.3 is 0 Å². The summed E-state index contributed by atoms with van der Waals surface area (Å²) in [6.45, 7) is 4.15. The number of nitrogens with one attached hydrogen (secondary N) is 3. The Kier molecular flexibility index (Phi) is 11.2. The van der Waals surface area contributed by atoms with Crippen molar-refractivity contribution in [2.24, 2.45) is 0 Å². The maximum atomic E-state index is 14.0. The lowest BCUT2D eigenvalue weighted by molar-refractivity contribution is 0.0829. The van der Waals surface area contributed by atoms with Gasteiger partial charge in [0.25, 0.3) is 11.8 Å². The maximum absolute atomic E-state index is 14.0. The Bertz CT molecular complexity index is 1560. The van der Waals surface area contributed by atoms with Crippen LogP contribution in [-0.4, -0.2) is 42.7 Å². The van der Waals surface area contributed by atoms with Gasteiger partial charge in [0.15, 0.2) is 0 Å². The molecule has 4 aromatic carbocycles. The largest absolute Gasteiger partial charge is 0.497 e. The van der Waals surface area contributed by atoms with Crippen LogP contribution in [0.4, 0.5) is 8.78 Å². The Labute approximate surface area is 256 Å². The third-order valence-corrected chi connectivity index (χ3v) is 7.22. The predicted octanol–water partition coefficient (Wildman–Crippen LogP) is 5.26. The number of methoxy groups -OCH3 is 1. The van der Waals surface area contributed by atoms with E-state index >= 15 is 0 Å². The molecule has 0 spiro atoms. The van der Waals surface area contributed by atoms with Gasteiger partial charge in [0, 0.05) is 30.3 Å². The molecule has 0 fully saturated rings. The molecule has 0 heterocycles. The summed E-state index contributed by atoms with van der Waals surface area (Å²) < 4.78 is 33.2. The minimum absolute atomic E-state index is 0.0316. The van der Waals surface area contributed by atoms with Crippen molar-refractivity contribution in [3.8, 4) is 5.75 Å². The molecular formula is C35H37F2N3O4. The average molecular weight is 602 g/mol. The highest BCUT2D eigenvalue weighted by molar-refractivity contribution is 6.00. The summed E-state index contributed by atoms with van der Waals surface area (Å²) in [5.74, 6) is -1.69. The Morgan fingerprint density at radius 2 is 1.48 bits per heavy atom. The molecule has 0 aliphatic carbocycles. The van der Waals surface area contributed by atoms with Gasteiger partial charge < -0.3 is 25.8 Å². The van der Waals surface area contributed by atoms with Gasteiger partial charge in [-0.25, -0.2) is 8.78 Å². The molecule has 4 N–H and O–H groups in total. The SMILES string of the molecule is COc1cccc(CNC[C@@H](O)[C@H](Cc2cc(F)cc(F)c2)NC(=O)c2cc(C)cc(C(=O)N[C@H](C)c3ccccc3)c2)c1. The fraction of sp³-hybridized carbons (Fsp3) is 0.257. The number of aryl methyl sites for hydroxylation is 1. The second kappa shape index (κ2) is 15.2. The normalized spacial score (nSPS) is 13.0. The van der Waals surface area contributed by atoms with E-state index in [2.05, 4.69) is 16.0 Å². The van der Waals surface area contributed by atoms with Gasteiger partial charge in [-0.3, -0.25) is 9.59 Å². The van der Waals surface area contributed by atoms with Gasteiger partial charge in [0.2, 0.25) is 0 Å². The number of ether oxygens (including phenoxy) is 1. The van der Waals surface area contributed by atoms with Crippen LogP contribution in [0.2, 0.25) is 0 Å². The number of benzene rings is 4. The van der Waals surface area contributed by atoms with Crippen molar-refractivity contribution in [2.45, 2.75) is 45.0 Å². The third-order valence-electron chi connectivity index (χ3n) is 7.22. The number of rotatable bonds is 13. The summed E-state index contributed by atoms with van der Waals surface area (Å²) in [5.41, 5.74) is 3.36. The van der Waals surface area contributed by atoms with Crippen LogP contribution in [0.25, 0.3) is 0 Å². The van der Waals surface area contributed by atoms with Crippen molar-refractivity contribution < 1.29 is 28.2 Å². The van der Waals surface area contributed by atoms with E-state index < -0.39 is 29.7 Å². The first kappa shape index (κ1) is 32.3. The van der Waals surface area contributed by atoms with Crippen LogP contribution in [0.5, 0.6) is 5.75 Å². The first-order valence-corrected chi connectivity index (χ1v) is 14.4. The molecule has 0 saturated carbocycles. The number of aliphatic hydroxyl groups excluding tert-OH is 1. The second-order valence-electron chi connectivity index (χ2n) is 10.8. The molecular weight excluding hydrogens is 564 g/mol. The highest BCUT2D eigenvalue weighted by atomic mass is 19.1. The van der Waals surface area contributed by atoms with Crippen LogP contribution in [0.15, 0.2) is 91.0 Å². The van der Waals surface area contributed by atoms with E-state index in [0.29, 0.717) is 23.4 Å². The fourth-order valence-corrected chi connectivity index (χ4v) is 4.96. The Morgan fingerprint density at radius 1 is 0.818 bits per heavy atom. The molecule has 0 saturated heterocycles. The first-order chi connectivity index (χ1) is 21.1. The molecule has 4 aromatic rings. The molecule has 0 unspecified atom stereocenters. The number of carbonyl (C=O) groups is 2. The molecule has 44 heavy (non-hydrogen) atoms. The van der Waals surface area contributed by atoms with Gasteiger partial charge in [0.05, 0.1) is 25.3 Å². The summed E-state index contributed by atoms with van der Waals surface area (Å²) in [4.78, 5) is 26.6. The van der Waals surface area contributed by atoms with Crippen LogP contribution >= 0.6 is 0 Å². The Balaban J connectivity index is 1.49. The average Bonchev–Trinajstić information content (AvgIpc) is 3.00. The van der Waals surface area contributed by atoms with E-state index in [1.165, 1.54) is 18.2 Å². The number of hydrogen-bond donors (Lipinski definition) is 4. The number of halogens is 2. The zero-order valence-corrected chi connectivity index (χ0v) is 24.9. The van der Waals surface area contributed by atoms with Crippen LogP contribution in [0, 0.1) is 18.6 Å². The van der Waals surface area contributed by atoms with Crippen LogP contribution in [0.3, 0.4) is 0 Å². The fourth-order valence-electron chi connectivity index (χ4n) is 4.96. The quantitative estimate of drug-likeness (QED) is 0.168. The first-order valence-electron chi connectivity index (χ1n) is 14.4. The zero-order valence-electron chi connectivity index (χ0n) is 24.9. The van der Waals surface area contributed by atoms with Gasteiger partial charge in [-0.1, -0.05) is 42.5 Å². The number of amides is 2. The minimum atomic E-state index is -1.12. The zero-order chi connectivity index (χ0) is 31.6. The number of carbonyl (C=O) groups excluding carboxylic acids is 2. The molecule has 7 nitrogen and oxygen atoms in total. The molecule has 9 heteroatoms. The van der Waals surface area contributed by atoms with E-state index in [0.717, 1.165) is 17.2 Å². The number of hydrogen-bond acceptors (Lipinski definition) is 5. The van der Waals surface area contributed by atoms with Crippen LogP contribution in [0.1, 0.15) is 55.9 Å². The smallest absolute Gasteiger partial charge is 0.251 e. The lowest BCUT2D eigenvalue weighted by Crippen LogP contribution is -2.48. The summed E-state index contributed by atoms with van der Waals surface area (Å²) >= 11 is 0. The molecule has 4 rings (SSSR count). The van der Waals surface area contributed by atoms with Crippen molar-refractivity contribution in [3.05, 3.63) is 136 Å². The summed E-state index contributed by atoms with van der Waals surface area (Å²) in [6.07, 6.45) is -1.15. The third kappa shape index (κ3) is 9.20. The summed E-state index contributed by atoms with van der Waals surface area (Å²) in [5, 5.41) is 20.1. The van der Waals surface area contributed by atoms with Crippen molar-refractivity contribution >= 4 is 11.8 Å². The monoisotopic (exact) mass is 601 g/mol. The minimum Gasteiger partial charge on any atom is -0.497 e. The maximum Gasteiger partial charge on any atom is 0.251 e. The van der Waals surface area contributed by atoms with Crippen molar-refractivity contribution in [2.75, 3.05) is 13.7 Å². The summed E-state index contributed by atoms with van der Waals surface area (Å²) in [6, 6.07) is 23.7. The van der Waals surface area contributed by atoms with E-state index in [1.807, 2.05) is 61.5 Å². The Hall–Kier alpha value is -4.60. The molecule has 0 aromatic heterocycles. The second-order valence-corrected chi connectivity index (χ2v) is 10.8. The highest BCUT2D eigenvalue weighted by Gasteiger charge is 2.24. The van der Waals surface area contributed by atoms with Crippen LogP contribution < -0.4 is 20.7 Å². The van der Waals surface area contributed by atoms with E-state index in [9.17, 15) is 23.5 Å². The molecule has 230 valence electrons. The summed E-state index contributed by atoms with van der Waals surface area (Å²) in [7, 11) is 1.58. The molecule has 0 bridgehead atoms. The highest BCUT2D eigenvalue weighted by Crippen LogP contribution is 2.17. The molecule has 3 atom stereocenters. The topological polar surface area (TPSA) is 99.7 Å². The van der Waals surface area contributed by atoms with E-state index in [1.54, 1.807) is 26.2 Å². The molecule has 0 radical (unpaired) electrons. The van der Waals surface area contributed by atoms with Crippen molar-refractivity contribution in [3.63, 3.8) is 0 Å². The molecule has 0 aliphatic heterocycles. The van der Waals surface area contributed by atoms with E-state index in [-0.39, 0.29) is 36.0 Å².